The lowest BCUT2D eigenvalue weighted by Gasteiger charge is -2.37. The summed E-state index contributed by atoms with van der Waals surface area (Å²) in [4.78, 5) is 46.7. The van der Waals surface area contributed by atoms with Gasteiger partial charge in [-0.15, -0.1) is 0 Å². The summed E-state index contributed by atoms with van der Waals surface area (Å²) in [6.45, 7) is 0. The quantitative estimate of drug-likeness (QED) is 0.256. The van der Waals surface area contributed by atoms with Crippen molar-refractivity contribution in [3.05, 3.63) is 113 Å². The number of carbonyl (C=O) groups excluding carboxylic acids is 3. The third kappa shape index (κ3) is 4.04. The molecule has 0 aliphatic carbocycles. The van der Waals surface area contributed by atoms with E-state index in [9.17, 15) is 4.79 Å². The van der Waals surface area contributed by atoms with E-state index in [1.165, 1.54) is 28.4 Å². The number of Topliss-reactive ketones (excluding diaryl/α,β-unsaturated/α-hetero) is 2. The minimum atomic E-state index is -1.44. The van der Waals surface area contributed by atoms with Crippen LogP contribution in [0.1, 0.15) is 31.8 Å². The molecule has 7 rings (SSSR count). The van der Waals surface area contributed by atoms with Crippen molar-refractivity contribution in [1.82, 2.24) is 0 Å². The van der Waals surface area contributed by atoms with Crippen molar-refractivity contribution in [3.8, 4) is 23.0 Å². The molecule has 1 N–H and O–H groups in total. The zero-order chi connectivity index (χ0) is 32.2. The molecule has 46 heavy (non-hydrogen) atoms. The second-order valence-electron chi connectivity index (χ2n) is 11.4. The number of nitrogens with zero attached hydrogens (tertiary/aromatic N) is 1. The normalized spacial score (nSPS) is 22.0. The Morgan fingerprint density at radius 3 is 1.96 bits per heavy atom. The number of benzene rings is 4. The van der Waals surface area contributed by atoms with Crippen LogP contribution in [0.3, 0.4) is 0 Å². The van der Waals surface area contributed by atoms with Crippen LogP contribution in [0.2, 0.25) is 0 Å². The summed E-state index contributed by atoms with van der Waals surface area (Å²) in [6.07, 6.45) is 3.91. The van der Waals surface area contributed by atoms with E-state index >= 15 is 9.59 Å². The Kier molecular flexibility index (Phi) is 7.04. The molecule has 0 radical (unpaired) electrons. The van der Waals surface area contributed by atoms with Crippen molar-refractivity contribution in [3.63, 3.8) is 0 Å². The number of anilines is 2. The highest BCUT2D eigenvalue weighted by molar-refractivity contribution is 6.18. The fourth-order valence-corrected chi connectivity index (χ4v) is 7.45. The van der Waals surface area contributed by atoms with E-state index in [1.54, 1.807) is 36.4 Å². The first-order valence-electron chi connectivity index (χ1n) is 14.9. The third-order valence-corrected chi connectivity index (χ3v) is 9.43. The van der Waals surface area contributed by atoms with E-state index in [2.05, 4.69) is 5.32 Å². The van der Waals surface area contributed by atoms with Crippen LogP contribution in [0, 0.1) is 5.92 Å². The van der Waals surface area contributed by atoms with Crippen molar-refractivity contribution >= 4 is 34.9 Å². The van der Waals surface area contributed by atoms with Gasteiger partial charge in [0.1, 0.15) is 11.5 Å². The summed E-state index contributed by atoms with van der Waals surface area (Å²) in [5.74, 6) is -0.518. The Labute approximate surface area is 266 Å². The molecule has 3 aliphatic heterocycles. The molecule has 4 aromatic rings. The fourth-order valence-electron chi connectivity index (χ4n) is 7.45. The lowest BCUT2D eigenvalue weighted by molar-refractivity contribution is -0.121. The molecule has 0 bridgehead atoms. The largest absolute Gasteiger partial charge is 0.493 e. The number of ether oxygens (including phenoxy) is 4. The first kappa shape index (κ1) is 29.2. The zero-order valence-corrected chi connectivity index (χ0v) is 25.8. The molecule has 4 aromatic carbocycles. The van der Waals surface area contributed by atoms with Gasteiger partial charge in [0.2, 0.25) is 5.91 Å². The van der Waals surface area contributed by atoms with Crippen molar-refractivity contribution in [2.75, 3.05) is 38.7 Å². The fraction of sp³-hybridized carbons (Fsp3) is 0.216. The minimum absolute atomic E-state index is 0.293. The number of rotatable bonds is 8. The Bertz CT molecular complexity index is 1930. The highest BCUT2D eigenvalue weighted by atomic mass is 16.5. The summed E-state index contributed by atoms with van der Waals surface area (Å²) in [7, 11) is 6.04. The molecular weight excluding hydrogens is 584 g/mol. The van der Waals surface area contributed by atoms with Gasteiger partial charge in [0, 0.05) is 22.5 Å². The Balaban J connectivity index is 1.51. The molecule has 3 aliphatic rings. The van der Waals surface area contributed by atoms with Gasteiger partial charge in [0.15, 0.2) is 34.6 Å². The Morgan fingerprint density at radius 1 is 0.717 bits per heavy atom. The molecular formula is C37H32N2O7. The molecule has 1 amide bonds. The van der Waals surface area contributed by atoms with E-state index in [1.807, 2.05) is 65.6 Å². The average Bonchev–Trinajstić information content (AvgIpc) is 3.58. The molecule has 1 saturated heterocycles. The van der Waals surface area contributed by atoms with Gasteiger partial charge in [-0.2, -0.15) is 0 Å². The van der Waals surface area contributed by atoms with Crippen molar-refractivity contribution in [1.29, 1.82) is 0 Å². The second kappa shape index (κ2) is 11.1. The van der Waals surface area contributed by atoms with Crippen LogP contribution < -0.4 is 29.2 Å². The molecule has 4 atom stereocenters. The summed E-state index contributed by atoms with van der Waals surface area (Å²) < 4.78 is 22.0. The predicted molar refractivity (Wildman–Crippen MR) is 174 cm³/mol. The highest BCUT2D eigenvalue weighted by Gasteiger charge is 2.70. The maximum absolute atomic E-state index is 15.1. The van der Waals surface area contributed by atoms with Gasteiger partial charge >= 0.3 is 0 Å². The van der Waals surface area contributed by atoms with Crippen LogP contribution in [-0.4, -0.2) is 58.0 Å². The summed E-state index contributed by atoms with van der Waals surface area (Å²) >= 11 is 0. The molecule has 9 nitrogen and oxygen atoms in total. The first-order chi connectivity index (χ1) is 22.4. The molecule has 0 saturated carbocycles. The van der Waals surface area contributed by atoms with E-state index in [0.29, 0.717) is 45.4 Å². The number of nitrogens with one attached hydrogen (secondary N) is 1. The molecule has 0 unspecified atom stereocenters. The lowest BCUT2D eigenvalue weighted by Crippen LogP contribution is -2.51. The van der Waals surface area contributed by atoms with Crippen molar-refractivity contribution in [2.45, 2.75) is 17.5 Å². The lowest BCUT2D eigenvalue weighted by atomic mass is 9.64. The number of hydrogen-bond acceptors (Lipinski definition) is 8. The molecule has 232 valence electrons. The van der Waals surface area contributed by atoms with Gasteiger partial charge in [-0.25, -0.2) is 0 Å². The van der Waals surface area contributed by atoms with Crippen molar-refractivity contribution < 1.29 is 33.3 Å². The molecule has 3 heterocycles. The number of amides is 1. The van der Waals surface area contributed by atoms with E-state index in [4.69, 9.17) is 18.9 Å². The standard InChI is InChI=1S/C37H32N2O7/c1-43-27-16-13-22(19-29(27)45-3)34(40)32-33(35(41)23-14-17-28(44-2)30(20-23)46-4)39-26-12-8-5-9-21(26)15-18-31(39)37(32)24-10-6-7-11-25(24)38-36(37)42/h5-20,31-33H,1-4H3,(H,38,42)/t31-,32+,33+,37+/m1/s1. The average molecular weight is 617 g/mol. The third-order valence-electron chi connectivity index (χ3n) is 9.43. The topological polar surface area (TPSA) is 103 Å². The summed E-state index contributed by atoms with van der Waals surface area (Å²) in [5.41, 5.74) is 2.09. The maximum atomic E-state index is 15.1. The van der Waals surface area contributed by atoms with Gasteiger partial charge < -0.3 is 29.2 Å². The number of ketones is 2. The number of carbonyl (C=O) groups is 3. The predicted octanol–water partition coefficient (Wildman–Crippen LogP) is 5.58. The van der Waals surface area contributed by atoms with Crippen molar-refractivity contribution in [2.24, 2.45) is 5.92 Å². The Morgan fingerprint density at radius 2 is 1.30 bits per heavy atom. The highest BCUT2D eigenvalue weighted by Crippen LogP contribution is 2.58. The Hall–Kier alpha value is -5.57. The van der Waals surface area contributed by atoms with E-state index in [-0.39, 0.29) is 17.5 Å². The van der Waals surface area contributed by atoms with Crippen LogP contribution in [0.4, 0.5) is 11.4 Å². The number of para-hydroxylation sites is 2. The molecule has 1 spiro atoms. The SMILES string of the molecule is COc1ccc(C(=O)[C@@H]2[C@@H](C(=O)c3ccc(OC)c(OC)c3)[C@@]3(C(=O)Nc4ccccc43)[C@H]3C=Cc4ccccc4N23)cc1OC. The minimum Gasteiger partial charge on any atom is -0.493 e. The van der Waals surface area contributed by atoms with Crippen LogP contribution >= 0.6 is 0 Å². The number of fused-ring (bicyclic) bond motifs is 6. The molecule has 1 fully saturated rings. The van der Waals surface area contributed by atoms with Crippen LogP contribution in [-0.2, 0) is 10.2 Å². The second-order valence-corrected chi connectivity index (χ2v) is 11.4. The first-order valence-corrected chi connectivity index (χ1v) is 14.9. The van der Waals surface area contributed by atoms with Gasteiger partial charge in [-0.3, -0.25) is 14.4 Å². The van der Waals surface area contributed by atoms with Gasteiger partial charge in [-0.1, -0.05) is 48.6 Å². The maximum Gasteiger partial charge on any atom is 0.238 e. The van der Waals surface area contributed by atoms with Gasteiger partial charge in [-0.05, 0) is 59.7 Å². The van der Waals surface area contributed by atoms with E-state index in [0.717, 1.165) is 11.3 Å². The zero-order valence-electron chi connectivity index (χ0n) is 25.8. The van der Waals surface area contributed by atoms with Crippen LogP contribution in [0.25, 0.3) is 6.08 Å². The monoisotopic (exact) mass is 616 g/mol. The van der Waals surface area contributed by atoms with Gasteiger partial charge in [0.25, 0.3) is 0 Å². The molecule has 9 heteroatoms. The number of hydrogen-bond donors (Lipinski definition) is 1. The summed E-state index contributed by atoms with van der Waals surface area (Å²) in [5, 5.41) is 3.05. The smallest absolute Gasteiger partial charge is 0.238 e. The number of methoxy groups -OCH3 is 4. The van der Waals surface area contributed by atoms with Crippen LogP contribution in [0.15, 0.2) is 91.0 Å². The molecule has 0 aromatic heterocycles. The van der Waals surface area contributed by atoms with Gasteiger partial charge in [0.05, 0.1) is 40.4 Å². The van der Waals surface area contributed by atoms with Crippen LogP contribution in [0.5, 0.6) is 23.0 Å². The van der Waals surface area contributed by atoms with E-state index < -0.39 is 23.4 Å². The summed E-state index contributed by atoms with van der Waals surface area (Å²) in [6, 6.07) is 23.2.